The number of hydrogen-bond donors (Lipinski definition) is 2. The second-order valence-corrected chi connectivity index (χ2v) is 5.22. The van der Waals surface area contributed by atoms with Crippen molar-refractivity contribution in [3.05, 3.63) is 23.8 Å². The highest BCUT2D eigenvalue weighted by molar-refractivity contribution is 5.97. The third-order valence-electron chi connectivity index (χ3n) is 4.01. The smallest absolute Gasteiger partial charge is 0.232 e. The normalized spacial score (nSPS) is 22.3. The van der Waals surface area contributed by atoms with Gasteiger partial charge in [-0.25, -0.2) is 0 Å². The molecule has 1 atom stereocenters. The van der Waals surface area contributed by atoms with Gasteiger partial charge in [-0.3, -0.25) is 4.79 Å². The van der Waals surface area contributed by atoms with Crippen molar-refractivity contribution in [1.29, 1.82) is 0 Å². The number of anilines is 1. The zero-order valence-corrected chi connectivity index (χ0v) is 11.9. The van der Waals surface area contributed by atoms with Crippen LogP contribution in [0.2, 0.25) is 0 Å². The molecular formula is C15H22N2O2. The van der Waals surface area contributed by atoms with E-state index in [9.17, 15) is 4.79 Å². The van der Waals surface area contributed by atoms with Crippen LogP contribution in [-0.4, -0.2) is 26.1 Å². The lowest BCUT2D eigenvalue weighted by Crippen LogP contribution is -2.37. The summed E-state index contributed by atoms with van der Waals surface area (Å²) in [5, 5.41) is 6.31. The van der Waals surface area contributed by atoms with Crippen LogP contribution in [0.4, 0.5) is 5.69 Å². The molecule has 1 fully saturated rings. The maximum absolute atomic E-state index is 12.5. The molecule has 4 heteroatoms. The highest BCUT2D eigenvalue weighted by Crippen LogP contribution is 2.33. The minimum Gasteiger partial charge on any atom is -0.495 e. The molecule has 1 saturated heterocycles. The molecule has 1 aromatic carbocycles. The van der Waals surface area contributed by atoms with E-state index in [2.05, 4.69) is 17.6 Å². The van der Waals surface area contributed by atoms with Crippen molar-refractivity contribution < 1.29 is 9.53 Å². The van der Waals surface area contributed by atoms with Gasteiger partial charge >= 0.3 is 0 Å². The second-order valence-electron chi connectivity index (χ2n) is 5.22. The molecule has 1 aliphatic rings. The Morgan fingerprint density at radius 2 is 2.32 bits per heavy atom. The van der Waals surface area contributed by atoms with E-state index in [4.69, 9.17) is 4.74 Å². The Hall–Kier alpha value is -1.55. The molecule has 2 rings (SSSR count). The number of rotatable bonds is 4. The minimum atomic E-state index is -0.283. The number of nitrogens with one attached hydrogen (secondary N) is 2. The summed E-state index contributed by atoms with van der Waals surface area (Å²) in [6, 6.07) is 5.81. The number of hydrogen-bond acceptors (Lipinski definition) is 3. The molecule has 1 heterocycles. The lowest BCUT2D eigenvalue weighted by atomic mass is 9.83. The summed E-state index contributed by atoms with van der Waals surface area (Å²) in [6.45, 7) is 5.73. The topological polar surface area (TPSA) is 50.4 Å². The van der Waals surface area contributed by atoms with Crippen LogP contribution in [0.25, 0.3) is 0 Å². The number of carbonyl (C=O) groups is 1. The molecule has 2 N–H and O–H groups in total. The molecule has 1 aliphatic heterocycles. The van der Waals surface area contributed by atoms with Crippen molar-refractivity contribution in [3.8, 4) is 5.75 Å². The molecule has 19 heavy (non-hydrogen) atoms. The summed E-state index contributed by atoms with van der Waals surface area (Å²) in [7, 11) is 1.62. The van der Waals surface area contributed by atoms with Gasteiger partial charge in [-0.05, 0) is 44.0 Å². The van der Waals surface area contributed by atoms with Crippen molar-refractivity contribution in [1.82, 2.24) is 5.32 Å². The third-order valence-corrected chi connectivity index (χ3v) is 4.01. The number of aryl methyl sites for hydroxylation is 1. The van der Waals surface area contributed by atoms with Crippen LogP contribution in [0.5, 0.6) is 5.75 Å². The molecule has 0 saturated carbocycles. The van der Waals surface area contributed by atoms with Gasteiger partial charge in [0.05, 0.1) is 18.2 Å². The largest absolute Gasteiger partial charge is 0.495 e. The lowest BCUT2D eigenvalue weighted by Gasteiger charge is -2.25. The monoisotopic (exact) mass is 262 g/mol. The number of amides is 1. The van der Waals surface area contributed by atoms with Gasteiger partial charge in [0.1, 0.15) is 5.75 Å². The van der Waals surface area contributed by atoms with Gasteiger partial charge in [-0.2, -0.15) is 0 Å². The zero-order valence-electron chi connectivity index (χ0n) is 11.9. The van der Waals surface area contributed by atoms with Gasteiger partial charge in [0, 0.05) is 6.54 Å². The number of carbonyl (C=O) groups excluding carboxylic acids is 1. The molecule has 1 aromatic rings. The van der Waals surface area contributed by atoms with Crippen LogP contribution >= 0.6 is 0 Å². The van der Waals surface area contributed by atoms with E-state index < -0.39 is 0 Å². The molecule has 0 aromatic heterocycles. The maximum Gasteiger partial charge on any atom is 0.232 e. The number of benzene rings is 1. The average Bonchev–Trinajstić information content (AvgIpc) is 2.89. The Morgan fingerprint density at radius 1 is 1.53 bits per heavy atom. The Morgan fingerprint density at radius 3 is 2.89 bits per heavy atom. The van der Waals surface area contributed by atoms with Crippen molar-refractivity contribution >= 4 is 11.6 Å². The van der Waals surface area contributed by atoms with E-state index in [-0.39, 0.29) is 11.3 Å². The first-order chi connectivity index (χ1) is 9.11. The van der Waals surface area contributed by atoms with Crippen molar-refractivity contribution in [2.45, 2.75) is 26.7 Å². The first-order valence-corrected chi connectivity index (χ1v) is 6.78. The third kappa shape index (κ3) is 2.73. The Labute approximate surface area is 114 Å². The fourth-order valence-corrected chi connectivity index (χ4v) is 2.57. The fraction of sp³-hybridized carbons (Fsp3) is 0.533. The predicted molar refractivity (Wildman–Crippen MR) is 76.6 cm³/mol. The summed E-state index contributed by atoms with van der Waals surface area (Å²) < 4.78 is 5.30. The lowest BCUT2D eigenvalue weighted by molar-refractivity contribution is -0.124. The molecule has 0 bridgehead atoms. The van der Waals surface area contributed by atoms with Crippen LogP contribution in [0.15, 0.2) is 18.2 Å². The maximum atomic E-state index is 12.5. The quantitative estimate of drug-likeness (QED) is 0.875. The zero-order chi connectivity index (χ0) is 13.9. The van der Waals surface area contributed by atoms with E-state index in [1.165, 1.54) is 0 Å². The SMILES string of the molecule is CCC1(C(=O)Nc2cc(C)ccc2OC)CCNC1. The molecule has 4 nitrogen and oxygen atoms in total. The van der Waals surface area contributed by atoms with Gasteiger partial charge in [0.15, 0.2) is 0 Å². The van der Waals surface area contributed by atoms with Gasteiger partial charge in [0.25, 0.3) is 0 Å². The molecule has 1 amide bonds. The summed E-state index contributed by atoms with van der Waals surface area (Å²) >= 11 is 0. The summed E-state index contributed by atoms with van der Waals surface area (Å²) in [5.74, 6) is 0.792. The van der Waals surface area contributed by atoms with E-state index in [0.29, 0.717) is 5.75 Å². The van der Waals surface area contributed by atoms with E-state index in [1.807, 2.05) is 25.1 Å². The summed E-state index contributed by atoms with van der Waals surface area (Å²) in [5.41, 5.74) is 1.58. The van der Waals surface area contributed by atoms with E-state index >= 15 is 0 Å². The van der Waals surface area contributed by atoms with Gasteiger partial charge in [-0.15, -0.1) is 0 Å². The van der Waals surface area contributed by atoms with Gasteiger partial charge in [-0.1, -0.05) is 13.0 Å². The molecule has 0 aliphatic carbocycles. The summed E-state index contributed by atoms with van der Waals surface area (Å²) in [6.07, 6.45) is 1.74. The Balaban J connectivity index is 2.20. The van der Waals surface area contributed by atoms with Crippen molar-refractivity contribution in [3.63, 3.8) is 0 Å². The molecule has 0 spiro atoms. The second kappa shape index (κ2) is 5.61. The molecular weight excluding hydrogens is 240 g/mol. The first kappa shape index (κ1) is 13.9. The van der Waals surface area contributed by atoms with Crippen LogP contribution in [-0.2, 0) is 4.79 Å². The highest BCUT2D eigenvalue weighted by atomic mass is 16.5. The fourth-order valence-electron chi connectivity index (χ4n) is 2.57. The minimum absolute atomic E-state index is 0.0869. The van der Waals surface area contributed by atoms with Gasteiger partial charge in [0.2, 0.25) is 5.91 Å². The molecule has 104 valence electrons. The highest BCUT2D eigenvalue weighted by Gasteiger charge is 2.39. The van der Waals surface area contributed by atoms with Crippen LogP contribution in [0, 0.1) is 12.3 Å². The van der Waals surface area contributed by atoms with Crippen LogP contribution in [0.1, 0.15) is 25.3 Å². The molecule has 1 unspecified atom stereocenters. The standard InChI is InChI=1S/C15H22N2O2/c1-4-15(7-8-16-10-15)14(18)17-12-9-11(2)5-6-13(12)19-3/h5-6,9,16H,4,7-8,10H2,1-3H3,(H,17,18). The van der Waals surface area contributed by atoms with E-state index in [1.54, 1.807) is 7.11 Å². The molecule has 0 radical (unpaired) electrons. The Kier molecular flexibility index (Phi) is 4.10. The van der Waals surface area contributed by atoms with Crippen molar-refractivity contribution in [2.24, 2.45) is 5.41 Å². The first-order valence-electron chi connectivity index (χ1n) is 6.78. The van der Waals surface area contributed by atoms with E-state index in [0.717, 1.165) is 37.2 Å². The number of ether oxygens (including phenoxy) is 1. The average molecular weight is 262 g/mol. The number of methoxy groups -OCH3 is 1. The summed E-state index contributed by atoms with van der Waals surface area (Å²) in [4.78, 5) is 12.5. The van der Waals surface area contributed by atoms with Crippen molar-refractivity contribution in [2.75, 3.05) is 25.5 Å². The predicted octanol–water partition coefficient (Wildman–Crippen LogP) is 2.33. The van der Waals surface area contributed by atoms with Gasteiger partial charge < -0.3 is 15.4 Å². The van der Waals surface area contributed by atoms with Crippen LogP contribution < -0.4 is 15.4 Å². The van der Waals surface area contributed by atoms with Crippen LogP contribution in [0.3, 0.4) is 0 Å². The Bertz CT molecular complexity index is 465.